The van der Waals surface area contributed by atoms with E-state index in [1.807, 2.05) is 42.5 Å². The van der Waals surface area contributed by atoms with Gasteiger partial charge in [-0.3, -0.25) is 4.98 Å². The largest absolute Gasteiger partial charge is 0.264 e. The summed E-state index contributed by atoms with van der Waals surface area (Å²) in [6.07, 6.45) is 8.38. The van der Waals surface area contributed by atoms with Gasteiger partial charge in [-0.2, -0.15) is 0 Å². The molecule has 0 saturated carbocycles. The molecule has 1 aromatic carbocycles. The van der Waals surface area contributed by atoms with E-state index in [4.69, 9.17) is 11.6 Å². The Morgan fingerprint density at radius 1 is 0.720 bits per heavy atom. The maximum absolute atomic E-state index is 6.36. The van der Waals surface area contributed by atoms with E-state index in [1.54, 1.807) is 24.8 Å². The summed E-state index contributed by atoms with van der Waals surface area (Å²) in [7, 11) is 0. The second-order valence-corrected chi connectivity index (χ2v) is 5.72. The molecule has 0 unspecified atom stereocenters. The lowest BCUT2D eigenvalue weighted by Crippen LogP contribution is -1.97. The van der Waals surface area contributed by atoms with Crippen LogP contribution in [-0.2, 0) is 0 Å². The molecule has 0 fully saturated rings. The molecule has 0 atom stereocenters. The van der Waals surface area contributed by atoms with Crippen molar-refractivity contribution in [2.45, 2.75) is 0 Å². The minimum Gasteiger partial charge on any atom is -0.264 e. The minimum absolute atomic E-state index is 0.573. The number of nitrogens with zero attached hydrogens (tertiary/aromatic N) is 5. The Hall–Kier alpha value is -3.18. The molecule has 0 amide bonds. The van der Waals surface area contributed by atoms with Gasteiger partial charge in [-0.25, -0.2) is 19.9 Å². The first-order chi connectivity index (χ1) is 12.3. The molecule has 0 aliphatic heterocycles. The molecule has 0 bridgehead atoms. The molecule has 3 aromatic heterocycles. The number of rotatable bonds is 3. The van der Waals surface area contributed by atoms with Crippen LogP contribution in [0.5, 0.6) is 0 Å². The number of aromatic nitrogens is 5. The van der Waals surface area contributed by atoms with Gasteiger partial charge in [-0.15, -0.1) is 0 Å². The highest BCUT2D eigenvalue weighted by molar-refractivity contribution is 6.33. The van der Waals surface area contributed by atoms with E-state index in [0.29, 0.717) is 10.8 Å². The highest BCUT2D eigenvalue weighted by Crippen LogP contribution is 2.30. The summed E-state index contributed by atoms with van der Waals surface area (Å²) in [5.74, 6) is 0.573. The Morgan fingerprint density at radius 2 is 1.48 bits per heavy atom. The Kier molecular flexibility index (Phi) is 4.14. The molecule has 4 aromatic rings. The van der Waals surface area contributed by atoms with Crippen molar-refractivity contribution in [2.24, 2.45) is 0 Å². The van der Waals surface area contributed by atoms with Crippen LogP contribution in [0.15, 0.2) is 73.6 Å². The van der Waals surface area contributed by atoms with Gasteiger partial charge < -0.3 is 0 Å². The van der Waals surface area contributed by atoms with Gasteiger partial charge in [0.25, 0.3) is 0 Å². The summed E-state index contributed by atoms with van der Waals surface area (Å²) in [5.41, 5.74) is 3.94. The van der Waals surface area contributed by atoms with Gasteiger partial charge >= 0.3 is 0 Å². The molecule has 0 N–H and O–H groups in total. The second-order valence-electron chi connectivity index (χ2n) is 5.31. The first kappa shape index (κ1) is 15.4. The third-order valence-corrected chi connectivity index (χ3v) is 3.98. The Labute approximate surface area is 149 Å². The maximum atomic E-state index is 6.36. The van der Waals surface area contributed by atoms with Crippen molar-refractivity contribution in [2.75, 3.05) is 0 Å². The van der Waals surface area contributed by atoms with E-state index in [2.05, 4.69) is 24.9 Å². The molecule has 3 heterocycles. The van der Waals surface area contributed by atoms with Crippen molar-refractivity contribution >= 4 is 11.6 Å². The first-order valence-corrected chi connectivity index (χ1v) is 7.99. The summed E-state index contributed by atoms with van der Waals surface area (Å²) in [4.78, 5) is 21.6. The van der Waals surface area contributed by atoms with E-state index >= 15 is 0 Å². The highest BCUT2D eigenvalue weighted by atomic mass is 35.5. The predicted molar refractivity (Wildman–Crippen MR) is 96.7 cm³/mol. The normalized spacial score (nSPS) is 10.6. The van der Waals surface area contributed by atoms with E-state index in [-0.39, 0.29) is 0 Å². The van der Waals surface area contributed by atoms with Gasteiger partial charge in [0, 0.05) is 46.5 Å². The molecule has 0 spiro atoms. The fourth-order valence-electron chi connectivity index (χ4n) is 2.46. The summed E-state index contributed by atoms with van der Waals surface area (Å²) < 4.78 is 0. The summed E-state index contributed by atoms with van der Waals surface area (Å²) >= 11 is 6.36. The van der Waals surface area contributed by atoms with Gasteiger partial charge in [0.15, 0.2) is 5.82 Å². The molecule has 120 valence electrons. The lowest BCUT2D eigenvalue weighted by atomic mass is 10.1. The molecule has 0 aliphatic rings. The third-order valence-electron chi connectivity index (χ3n) is 3.65. The number of halogens is 1. The number of hydrogen-bond donors (Lipinski definition) is 0. The molecule has 0 saturated heterocycles. The van der Waals surface area contributed by atoms with Crippen molar-refractivity contribution in [3.8, 4) is 33.9 Å². The molecular weight excluding hydrogens is 334 g/mol. The van der Waals surface area contributed by atoms with Crippen molar-refractivity contribution in [1.82, 2.24) is 24.9 Å². The Morgan fingerprint density at radius 3 is 2.24 bits per heavy atom. The van der Waals surface area contributed by atoms with Crippen molar-refractivity contribution in [3.05, 3.63) is 78.6 Å². The predicted octanol–water partition coefficient (Wildman–Crippen LogP) is 4.32. The monoisotopic (exact) mass is 345 g/mol. The summed E-state index contributed by atoms with van der Waals surface area (Å²) in [5, 5.41) is 0.633. The second kappa shape index (κ2) is 6.75. The number of benzene rings is 1. The molecule has 4 rings (SSSR count). The number of pyridine rings is 1. The van der Waals surface area contributed by atoms with Crippen molar-refractivity contribution in [3.63, 3.8) is 0 Å². The van der Waals surface area contributed by atoms with Crippen LogP contribution in [0.1, 0.15) is 0 Å². The quantitative estimate of drug-likeness (QED) is 0.553. The van der Waals surface area contributed by atoms with Crippen LogP contribution in [0.3, 0.4) is 0 Å². The Bertz CT molecular complexity index is 949. The first-order valence-electron chi connectivity index (χ1n) is 7.61. The van der Waals surface area contributed by atoms with Crippen LogP contribution in [0.4, 0.5) is 0 Å². The van der Waals surface area contributed by atoms with Gasteiger partial charge in [0.05, 0.1) is 11.4 Å². The van der Waals surface area contributed by atoms with Crippen LogP contribution >= 0.6 is 11.6 Å². The molecule has 0 radical (unpaired) electrons. The lowest BCUT2D eigenvalue weighted by molar-refractivity contribution is 1.13. The molecule has 25 heavy (non-hydrogen) atoms. The molecule has 5 nitrogen and oxygen atoms in total. The third kappa shape index (κ3) is 3.22. The molecule has 0 aliphatic carbocycles. The van der Waals surface area contributed by atoms with Crippen LogP contribution in [-0.4, -0.2) is 24.9 Å². The van der Waals surface area contributed by atoms with E-state index in [0.717, 1.165) is 28.1 Å². The van der Waals surface area contributed by atoms with Gasteiger partial charge in [-0.1, -0.05) is 29.8 Å². The fourth-order valence-corrected chi connectivity index (χ4v) is 2.69. The topological polar surface area (TPSA) is 64.5 Å². The van der Waals surface area contributed by atoms with Gasteiger partial charge in [-0.05, 0) is 24.3 Å². The zero-order chi connectivity index (χ0) is 17.1. The van der Waals surface area contributed by atoms with Crippen LogP contribution in [0, 0.1) is 0 Å². The zero-order valence-corrected chi connectivity index (χ0v) is 13.8. The summed E-state index contributed by atoms with van der Waals surface area (Å²) in [6.45, 7) is 0. The van der Waals surface area contributed by atoms with Crippen LogP contribution in [0.25, 0.3) is 33.9 Å². The Balaban J connectivity index is 1.94. The maximum Gasteiger partial charge on any atom is 0.161 e. The van der Waals surface area contributed by atoms with Gasteiger partial charge in [0.1, 0.15) is 6.33 Å². The molecular formula is C19H12ClN5. The van der Waals surface area contributed by atoms with Crippen LogP contribution < -0.4 is 0 Å². The zero-order valence-electron chi connectivity index (χ0n) is 13.0. The van der Waals surface area contributed by atoms with E-state index in [1.165, 1.54) is 6.33 Å². The highest BCUT2D eigenvalue weighted by Gasteiger charge is 2.12. The van der Waals surface area contributed by atoms with Gasteiger partial charge in [0.2, 0.25) is 0 Å². The SMILES string of the molecule is Clc1ccccc1-c1cc(-c2cncnc2)nc(-c2cccnc2)n1. The van der Waals surface area contributed by atoms with Crippen molar-refractivity contribution in [1.29, 1.82) is 0 Å². The average Bonchev–Trinajstić information content (AvgIpc) is 2.69. The summed E-state index contributed by atoms with van der Waals surface area (Å²) in [6, 6.07) is 13.3. The van der Waals surface area contributed by atoms with Crippen LogP contribution in [0.2, 0.25) is 5.02 Å². The fraction of sp³-hybridized carbons (Fsp3) is 0. The lowest BCUT2D eigenvalue weighted by Gasteiger charge is -2.09. The standard InChI is InChI=1S/C19H12ClN5/c20-16-6-2-1-5-15(16)18-8-17(14-10-22-12-23-11-14)24-19(25-18)13-4-3-7-21-9-13/h1-12H. The average molecular weight is 346 g/mol. The van der Waals surface area contributed by atoms with Crippen molar-refractivity contribution < 1.29 is 0 Å². The van der Waals surface area contributed by atoms with E-state index < -0.39 is 0 Å². The minimum atomic E-state index is 0.573. The smallest absolute Gasteiger partial charge is 0.161 e. The molecule has 6 heteroatoms. The van der Waals surface area contributed by atoms with E-state index in [9.17, 15) is 0 Å². The number of hydrogen-bond acceptors (Lipinski definition) is 5.